The number of hydrogen-bond donors (Lipinski definition) is 0. The van der Waals surface area contributed by atoms with Crippen molar-refractivity contribution in [1.82, 2.24) is 0 Å². The molecule has 0 atom stereocenters. The van der Waals surface area contributed by atoms with Crippen LogP contribution in [0.4, 0.5) is 0 Å². The Balaban J connectivity index is 0.000000202. The largest absolute Gasteiger partial charge is 0.299 e. The lowest BCUT2D eigenvalue weighted by atomic mass is 10.1. The van der Waals surface area contributed by atoms with E-state index in [-0.39, 0.29) is 0 Å². The molecule has 0 aliphatic heterocycles. The zero-order valence-electron chi connectivity index (χ0n) is 10.2. The SMILES string of the molecule is CCC(=O)Cc1ccccc1.c1ccccc1. The first-order valence-electron chi connectivity index (χ1n) is 5.88. The maximum atomic E-state index is 11.0. The Labute approximate surface area is 103 Å². The first kappa shape index (κ1) is 13.2. The number of carbonyl (C=O) groups is 1. The standard InChI is InChI=1S/C10H12O.C6H6/c1-2-10(11)8-9-6-4-3-5-7-9;1-2-4-6-5-3-1/h3-7H,2,8H2,1H3;1-6H. The van der Waals surface area contributed by atoms with Gasteiger partial charge < -0.3 is 0 Å². The van der Waals surface area contributed by atoms with Gasteiger partial charge in [0.15, 0.2) is 0 Å². The number of Topliss-reactive ketones (excluding diaryl/α,β-unsaturated/α-hetero) is 1. The number of hydrogen-bond acceptors (Lipinski definition) is 1. The van der Waals surface area contributed by atoms with Crippen LogP contribution in [-0.2, 0) is 11.2 Å². The van der Waals surface area contributed by atoms with Crippen LogP contribution in [0.1, 0.15) is 18.9 Å². The molecule has 2 aromatic carbocycles. The third-order valence-electron chi connectivity index (χ3n) is 2.31. The minimum Gasteiger partial charge on any atom is -0.299 e. The second kappa shape index (κ2) is 8.28. The molecule has 0 saturated heterocycles. The molecule has 0 aromatic heterocycles. The van der Waals surface area contributed by atoms with E-state index in [4.69, 9.17) is 0 Å². The fraction of sp³-hybridized carbons (Fsp3) is 0.188. The molecule has 2 aromatic rings. The minimum absolute atomic E-state index is 0.302. The molecule has 0 heterocycles. The van der Waals surface area contributed by atoms with Crippen LogP contribution in [0.5, 0.6) is 0 Å². The summed E-state index contributed by atoms with van der Waals surface area (Å²) in [5, 5.41) is 0. The second-order valence-electron chi connectivity index (χ2n) is 3.71. The summed E-state index contributed by atoms with van der Waals surface area (Å²) in [5.41, 5.74) is 1.11. The highest BCUT2D eigenvalue weighted by atomic mass is 16.1. The molecule has 0 aliphatic carbocycles. The van der Waals surface area contributed by atoms with E-state index in [0.717, 1.165) is 5.56 Å². The van der Waals surface area contributed by atoms with E-state index in [1.54, 1.807) is 0 Å². The van der Waals surface area contributed by atoms with Crippen LogP contribution in [0.15, 0.2) is 66.7 Å². The van der Waals surface area contributed by atoms with Crippen molar-refractivity contribution in [2.75, 3.05) is 0 Å². The molecule has 0 aliphatic rings. The molecule has 0 radical (unpaired) electrons. The van der Waals surface area contributed by atoms with Gasteiger partial charge in [0, 0.05) is 12.8 Å². The molecular formula is C16H18O. The van der Waals surface area contributed by atoms with E-state index in [1.807, 2.05) is 73.7 Å². The summed E-state index contributed by atoms with van der Waals surface area (Å²) >= 11 is 0. The van der Waals surface area contributed by atoms with Crippen molar-refractivity contribution in [2.24, 2.45) is 0 Å². The fourth-order valence-corrected chi connectivity index (χ4v) is 1.33. The monoisotopic (exact) mass is 226 g/mol. The van der Waals surface area contributed by atoms with Crippen LogP contribution in [0.25, 0.3) is 0 Å². The lowest BCUT2D eigenvalue weighted by molar-refractivity contribution is -0.118. The summed E-state index contributed by atoms with van der Waals surface area (Å²) in [6.07, 6.45) is 1.21. The summed E-state index contributed by atoms with van der Waals surface area (Å²) in [6.45, 7) is 1.89. The molecule has 17 heavy (non-hydrogen) atoms. The fourth-order valence-electron chi connectivity index (χ4n) is 1.33. The molecule has 0 bridgehead atoms. The molecule has 0 N–H and O–H groups in total. The lowest BCUT2D eigenvalue weighted by Crippen LogP contribution is -1.99. The maximum absolute atomic E-state index is 11.0. The van der Waals surface area contributed by atoms with Gasteiger partial charge in [0.1, 0.15) is 5.78 Å². The predicted molar refractivity (Wildman–Crippen MR) is 71.9 cm³/mol. The van der Waals surface area contributed by atoms with Gasteiger partial charge in [0.05, 0.1) is 0 Å². The Morgan fingerprint density at radius 3 is 1.65 bits per heavy atom. The maximum Gasteiger partial charge on any atom is 0.136 e. The number of carbonyl (C=O) groups excluding carboxylic acids is 1. The lowest BCUT2D eigenvalue weighted by Gasteiger charge is -1.96. The van der Waals surface area contributed by atoms with Crippen LogP contribution in [0, 0.1) is 0 Å². The highest BCUT2D eigenvalue weighted by molar-refractivity contribution is 5.80. The zero-order chi connectivity index (χ0) is 12.3. The zero-order valence-corrected chi connectivity index (χ0v) is 10.2. The third kappa shape index (κ3) is 6.31. The van der Waals surface area contributed by atoms with Gasteiger partial charge in [0.2, 0.25) is 0 Å². The van der Waals surface area contributed by atoms with Crippen LogP contribution in [0.3, 0.4) is 0 Å². The Hall–Kier alpha value is -1.89. The van der Waals surface area contributed by atoms with Crippen LogP contribution < -0.4 is 0 Å². The highest BCUT2D eigenvalue weighted by Gasteiger charge is 1.98. The van der Waals surface area contributed by atoms with Crippen molar-refractivity contribution >= 4 is 5.78 Å². The molecule has 0 amide bonds. The first-order valence-corrected chi connectivity index (χ1v) is 5.88. The van der Waals surface area contributed by atoms with Gasteiger partial charge in [-0.25, -0.2) is 0 Å². The predicted octanol–water partition coefficient (Wildman–Crippen LogP) is 3.89. The summed E-state index contributed by atoms with van der Waals surface area (Å²) in [4.78, 5) is 11.0. The van der Waals surface area contributed by atoms with E-state index >= 15 is 0 Å². The topological polar surface area (TPSA) is 17.1 Å². The average molecular weight is 226 g/mol. The molecule has 0 spiro atoms. The van der Waals surface area contributed by atoms with E-state index in [0.29, 0.717) is 18.6 Å². The van der Waals surface area contributed by atoms with Crippen molar-refractivity contribution < 1.29 is 4.79 Å². The molecule has 0 fully saturated rings. The summed E-state index contributed by atoms with van der Waals surface area (Å²) in [6, 6.07) is 21.8. The van der Waals surface area contributed by atoms with Crippen molar-refractivity contribution in [2.45, 2.75) is 19.8 Å². The van der Waals surface area contributed by atoms with Gasteiger partial charge in [-0.3, -0.25) is 4.79 Å². The van der Waals surface area contributed by atoms with E-state index in [2.05, 4.69) is 0 Å². The Bertz CT molecular complexity index is 379. The quantitative estimate of drug-likeness (QED) is 0.776. The van der Waals surface area contributed by atoms with Gasteiger partial charge in [-0.05, 0) is 5.56 Å². The van der Waals surface area contributed by atoms with Crippen LogP contribution in [-0.4, -0.2) is 5.78 Å². The molecule has 88 valence electrons. The molecular weight excluding hydrogens is 208 g/mol. The van der Waals surface area contributed by atoms with Gasteiger partial charge in [-0.15, -0.1) is 0 Å². The Kier molecular flexibility index (Phi) is 6.42. The number of rotatable bonds is 3. The van der Waals surface area contributed by atoms with E-state index in [1.165, 1.54) is 0 Å². The smallest absolute Gasteiger partial charge is 0.136 e. The highest BCUT2D eigenvalue weighted by Crippen LogP contribution is 2.00. The van der Waals surface area contributed by atoms with Gasteiger partial charge >= 0.3 is 0 Å². The first-order chi connectivity index (χ1) is 8.33. The summed E-state index contributed by atoms with van der Waals surface area (Å²) in [7, 11) is 0. The van der Waals surface area contributed by atoms with Crippen molar-refractivity contribution in [3.05, 3.63) is 72.3 Å². The molecule has 0 saturated carbocycles. The summed E-state index contributed by atoms with van der Waals surface area (Å²) in [5.74, 6) is 0.302. The van der Waals surface area contributed by atoms with Gasteiger partial charge in [-0.2, -0.15) is 0 Å². The van der Waals surface area contributed by atoms with Crippen LogP contribution in [0.2, 0.25) is 0 Å². The van der Waals surface area contributed by atoms with Crippen molar-refractivity contribution in [3.8, 4) is 0 Å². The van der Waals surface area contributed by atoms with E-state index < -0.39 is 0 Å². The van der Waals surface area contributed by atoms with Crippen LogP contribution >= 0.6 is 0 Å². The Morgan fingerprint density at radius 2 is 1.24 bits per heavy atom. The van der Waals surface area contributed by atoms with Gasteiger partial charge in [0.25, 0.3) is 0 Å². The normalized spacial score (nSPS) is 9.00. The molecule has 0 unspecified atom stereocenters. The average Bonchev–Trinajstić information content (AvgIpc) is 2.42. The molecule has 1 heteroatoms. The van der Waals surface area contributed by atoms with E-state index in [9.17, 15) is 4.79 Å². The number of ketones is 1. The Morgan fingerprint density at radius 1 is 0.824 bits per heavy atom. The third-order valence-corrected chi connectivity index (χ3v) is 2.31. The van der Waals surface area contributed by atoms with Crippen molar-refractivity contribution in [3.63, 3.8) is 0 Å². The minimum atomic E-state index is 0.302. The van der Waals surface area contributed by atoms with Gasteiger partial charge in [-0.1, -0.05) is 73.7 Å². The summed E-state index contributed by atoms with van der Waals surface area (Å²) < 4.78 is 0. The number of benzene rings is 2. The molecule has 2 rings (SSSR count). The van der Waals surface area contributed by atoms with Crippen molar-refractivity contribution in [1.29, 1.82) is 0 Å². The second-order valence-corrected chi connectivity index (χ2v) is 3.71. The molecule has 1 nitrogen and oxygen atoms in total.